The van der Waals surface area contributed by atoms with Gasteiger partial charge in [0.05, 0.1) is 32.0 Å². The number of allylic oxidation sites excluding steroid dienone is 3. The second kappa shape index (κ2) is 35.7. The maximum Gasteiger partial charge on any atom is 0.220 e. The molecule has 0 bridgehead atoms. The number of hydrogen-bond acceptors (Lipinski definition) is 13. The van der Waals surface area contributed by atoms with Crippen molar-refractivity contribution in [1.29, 1.82) is 0 Å². The van der Waals surface area contributed by atoms with Gasteiger partial charge in [-0.05, 0) is 44.9 Å². The third kappa shape index (κ3) is 23.1. The Kier molecular flexibility index (Phi) is 32.6. The molecule has 0 radical (unpaired) electrons. The van der Waals surface area contributed by atoms with Gasteiger partial charge in [0.1, 0.15) is 48.8 Å². The van der Waals surface area contributed by atoms with E-state index in [9.17, 15) is 45.6 Å². The summed E-state index contributed by atoms with van der Waals surface area (Å²) in [5, 5.41) is 86.6. The van der Waals surface area contributed by atoms with Gasteiger partial charge < -0.3 is 65.1 Å². The van der Waals surface area contributed by atoms with Crippen molar-refractivity contribution in [2.45, 2.75) is 254 Å². The first-order chi connectivity index (χ1) is 30.1. The first kappa shape index (κ1) is 56.6. The Balaban J connectivity index is 1.88. The molecule has 0 aliphatic carbocycles. The number of carbonyl (C=O) groups is 1. The Labute approximate surface area is 373 Å². The normalized spacial score (nSPS) is 27.9. The maximum atomic E-state index is 13.1. The van der Waals surface area contributed by atoms with Gasteiger partial charge in [-0.3, -0.25) is 4.79 Å². The summed E-state index contributed by atoms with van der Waals surface area (Å²) in [6.07, 6.45) is 20.7. The molecule has 2 aliphatic heterocycles. The van der Waals surface area contributed by atoms with Crippen LogP contribution in [0.1, 0.15) is 181 Å². The minimum atomic E-state index is -1.79. The van der Waals surface area contributed by atoms with Crippen LogP contribution in [0, 0.1) is 0 Å². The monoisotopic (exact) mass is 888 g/mol. The van der Waals surface area contributed by atoms with Crippen molar-refractivity contribution in [1.82, 2.24) is 5.32 Å². The van der Waals surface area contributed by atoms with E-state index in [0.717, 1.165) is 57.8 Å². The second-order valence-corrected chi connectivity index (χ2v) is 17.6. The SMILES string of the molecule is CCCCCCCCC=CCCCCCCCC(=O)NC(CO[C@@H]1O[C@H](CO)[C@H](O[C@H]2O[C@H](CO)[C@H](O)[C@H](O)[C@H]2O)[C@H](O)[C@H]1O)C(O)C=CCCCCCCCCCCCCC. The average molecular weight is 888 g/mol. The highest BCUT2D eigenvalue weighted by Gasteiger charge is 2.51. The van der Waals surface area contributed by atoms with Crippen LogP contribution in [0.5, 0.6) is 0 Å². The van der Waals surface area contributed by atoms with Crippen molar-refractivity contribution in [3.8, 4) is 0 Å². The van der Waals surface area contributed by atoms with Crippen molar-refractivity contribution in [2.75, 3.05) is 19.8 Å². The number of hydrogen-bond donors (Lipinski definition) is 9. The molecule has 62 heavy (non-hydrogen) atoms. The second-order valence-electron chi connectivity index (χ2n) is 17.6. The third-order valence-corrected chi connectivity index (χ3v) is 12.1. The Morgan fingerprint density at radius 1 is 0.565 bits per heavy atom. The van der Waals surface area contributed by atoms with Gasteiger partial charge >= 0.3 is 0 Å². The van der Waals surface area contributed by atoms with E-state index in [2.05, 4.69) is 31.3 Å². The average Bonchev–Trinajstić information content (AvgIpc) is 3.27. The number of amides is 1. The lowest BCUT2D eigenvalue weighted by Gasteiger charge is -2.46. The van der Waals surface area contributed by atoms with Crippen LogP contribution in [-0.4, -0.2) is 140 Å². The smallest absolute Gasteiger partial charge is 0.220 e. The van der Waals surface area contributed by atoms with E-state index in [1.54, 1.807) is 6.08 Å². The minimum Gasteiger partial charge on any atom is -0.394 e. The molecule has 2 aliphatic rings. The lowest BCUT2D eigenvalue weighted by molar-refractivity contribution is -0.359. The molecule has 0 aromatic rings. The van der Waals surface area contributed by atoms with Gasteiger partial charge in [0, 0.05) is 6.42 Å². The van der Waals surface area contributed by atoms with Crippen molar-refractivity contribution >= 4 is 5.91 Å². The summed E-state index contributed by atoms with van der Waals surface area (Å²) in [4.78, 5) is 13.1. The lowest BCUT2D eigenvalue weighted by atomic mass is 9.97. The predicted molar refractivity (Wildman–Crippen MR) is 240 cm³/mol. The van der Waals surface area contributed by atoms with E-state index in [-0.39, 0.29) is 18.9 Å². The molecule has 0 spiro atoms. The van der Waals surface area contributed by atoms with Crippen molar-refractivity contribution in [2.24, 2.45) is 0 Å². The molecule has 0 aromatic heterocycles. The molecule has 14 heteroatoms. The van der Waals surface area contributed by atoms with Gasteiger partial charge in [0.15, 0.2) is 12.6 Å². The zero-order valence-electron chi connectivity index (χ0n) is 38.4. The number of aliphatic hydroxyl groups is 8. The van der Waals surface area contributed by atoms with Crippen LogP contribution in [0.3, 0.4) is 0 Å². The van der Waals surface area contributed by atoms with Crippen LogP contribution in [0.4, 0.5) is 0 Å². The largest absolute Gasteiger partial charge is 0.394 e. The van der Waals surface area contributed by atoms with Gasteiger partial charge in [-0.15, -0.1) is 0 Å². The van der Waals surface area contributed by atoms with Gasteiger partial charge in [-0.2, -0.15) is 0 Å². The fourth-order valence-electron chi connectivity index (χ4n) is 8.05. The number of ether oxygens (including phenoxy) is 4. The first-order valence-corrected chi connectivity index (χ1v) is 24.6. The zero-order valence-corrected chi connectivity index (χ0v) is 38.4. The van der Waals surface area contributed by atoms with Gasteiger partial charge in [0.25, 0.3) is 0 Å². The Morgan fingerprint density at radius 2 is 1.02 bits per heavy atom. The highest BCUT2D eigenvalue weighted by atomic mass is 16.7. The van der Waals surface area contributed by atoms with E-state index in [4.69, 9.17) is 18.9 Å². The van der Waals surface area contributed by atoms with Crippen LogP contribution in [0.15, 0.2) is 24.3 Å². The Bertz CT molecular complexity index is 1140. The molecule has 364 valence electrons. The minimum absolute atomic E-state index is 0.250. The van der Waals surface area contributed by atoms with Crippen LogP contribution >= 0.6 is 0 Å². The number of aliphatic hydroxyl groups excluding tert-OH is 8. The predicted octanol–water partition coefficient (Wildman–Crippen LogP) is 5.77. The summed E-state index contributed by atoms with van der Waals surface area (Å²) in [5.74, 6) is -0.250. The zero-order chi connectivity index (χ0) is 45.4. The van der Waals surface area contributed by atoms with Crippen LogP contribution in [0.2, 0.25) is 0 Å². The Morgan fingerprint density at radius 3 is 1.53 bits per heavy atom. The summed E-state index contributed by atoms with van der Waals surface area (Å²) in [6.45, 7) is 2.76. The molecule has 2 rings (SSSR count). The summed E-state index contributed by atoms with van der Waals surface area (Å²) in [7, 11) is 0. The molecule has 2 fully saturated rings. The van der Waals surface area contributed by atoms with E-state index < -0.39 is 86.8 Å². The molecule has 2 saturated heterocycles. The van der Waals surface area contributed by atoms with Crippen LogP contribution < -0.4 is 5.32 Å². The molecule has 1 amide bonds. The summed E-state index contributed by atoms with van der Waals surface area (Å²) in [6, 6.07) is -0.914. The summed E-state index contributed by atoms with van der Waals surface area (Å²) >= 11 is 0. The van der Waals surface area contributed by atoms with Crippen LogP contribution in [-0.2, 0) is 23.7 Å². The lowest BCUT2D eigenvalue weighted by Crippen LogP contribution is -2.65. The molecule has 0 saturated carbocycles. The quantitative estimate of drug-likeness (QED) is 0.0267. The number of rotatable bonds is 37. The summed E-state index contributed by atoms with van der Waals surface area (Å²) in [5.41, 5.74) is 0. The molecular weight excluding hydrogens is 799 g/mol. The molecule has 0 aromatic carbocycles. The molecule has 9 N–H and O–H groups in total. The Hall–Kier alpha value is -1.53. The van der Waals surface area contributed by atoms with Crippen molar-refractivity contribution in [3.63, 3.8) is 0 Å². The fraction of sp³-hybridized carbons (Fsp3) is 0.896. The number of nitrogens with one attached hydrogen (secondary N) is 1. The van der Waals surface area contributed by atoms with E-state index in [1.165, 1.54) is 96.3 Å². The maximum absolute atomic E-state index is 13.1. The summed E-state index contributed by atoms with van der Waals surface area (Å²) < 4.78 is 22.6. The van der Waals surface area contributed by atoms with E-state index >= 15 is 0 Å². The molecule has 2 heterocycles. The van der Waals surface area contributed by atoms with E-state index in [0.29, 0.717) is 6.42 Å². The van der Waals surface area contributed by atoms with Gasteiger partial charge in [0.2, 0.25) is 5.91 Å². The third-order valence-electron chi connectivity index (χ3n) is 12.1. The van der Waals surface area contributed by atoms with E-state index in [1.807, 2.05) is 6.08 Å². The topological polar surface area (TPSA) is 228 Å². The molecule has 2 unspecified atom stereocenters. The highest BCUT2D eigenvalue weighted by Crippen LogP contribution is 2.30. The number of carbonyl (C=O) groups excluding carboxylic acids is 1. The number of unbranched alkanes of at least 4 members (excludes halogenated alkanes) is 22. The first-order valence-electron chi connectivity index (χ1n) is 24.6. The standard InChI is InChI=1S/C48H89NO13/c1-3-5-7-9-11-13-15-17-18-20-22-24-26-28-30-32-40(53)49-36(37(52)31-29-27-25-23-21-19-16-14-12-10-8-6-4-2)35-59-47-45(58)43(56)46(39(34-51)61-47)62-48-44(57)42(55)41(54)38(33-50)60-48/h17-18,29,31,36-39,41-48,50-52,54-58H,3-16,19-28,30,32-35H2,1-2H3,(H,49,53)/t36?,37?,38-,39-,41+,42+,43-,44-,45-,46+,47-,48-/m1/s1. The fourth-order valence-corrected chi connectivity index (χ4v) is 8.05. The van der Waals surface area contributed by atoms with Crippen molar-refractivity contribution < 1.29 is 64.6 Å². The van der Waals surface area contributed by atoms with Gasteiger partial charge in [-0.1, -0.05) is 154 Å². The molecule has 12 atom stereocenters. The molecular formula is C48H89NO13. The van der Waals surface area contributed by atoms with Gasteiger partial charge in [-0.25, -0.2) is 0 Å². The van der Waals surface area contributed by atoms with Crippen LogP contribution in [0.25, 0.3) is 0 Å². The molecule has 14 nitrogen and oxygen atoms in total. The van der Waals surface area contributed by atoms with Crippen molar-refractivity contribution in [3.05, 3.63) is 24.3 Å². The highest BCUT2D eigenvalue weighted by molar-refractivity contribution is 5.76.